The van der Waals surface area contributed by atoms with Crippen LogP contribution in [-0.4, -0.2) is 9.97 Å². The minimum atomic E-state index is 0.700. The van der Waals surface area contributed by atoms with Crippen molar-refractivity contribution in [3.63, 3.8) is 0 Å². The predicted octanol–water partition coefficient (Wildman–Crippen LogP) is 15.9. The Morgan fingerprint density at radius 3 is 1.16 bits per heavy atom. The van der Waals surface area contributed by atoms with E-state index in [4.69, 9.17) is 14.4 Å². The molecule has 13 aromatic rings. The molecule has 0 aliphatic carbocycles. The number of nitrogens with zero attached hydrogens (tertiary/aromatic N) is 2. The summed E-state index contributed by atoms with van der Waals surface area (Å²) in [6, 6.07) is 74.0. The van der Waals surface area contributed by atoms with Crippen LogP contribution in [0.25, 0.3) is 132 Å². The Labute approximate surface area is 351 Å². The van der Waals surface area contributed by atoms with Crippen LogP contribution in [0.2, 0.25) is 0 Å². The molecule has 0 unspecified atom stereocenters. The zero-order valence-corrected chi connectivity index (χ0v) is 32.9. The summed E-state index contributed by atoms with van der Waals surface area (Å²) >= 11 is 0. The predicted molar refractivity (Wildman–Crippen MR) is 255 cm³/mol. The van der Waals surface area contributed by atoms with Gasteiger partial charge in [-0.1, -0.05) is 164 Å². The highest BCUT2D eigenvalue weighted by molar-refractivity contribution is 6.33. The molecule has 11 aromatic carbocycles. The molecule has 3 nitrogen and oxygen atoms in total. The van der Waals surface area contributed by atoms with Crippen molar-refractivity contribution in [3.05, 3.63) is 206 Å². The molecule has 0 saturated carbocycles. The number of aromatic nitrogens is 2. The van der Waals surface area contributed by atoms with Crippen LogP contribution in [0.4, 0.5) is 0 Å². The molecule has 0 atom stereocenters. The lowest BCUT2D eigenvalue weighted by Gasteiger charge is -2.15. The second-order valence-electron chi connectivity index (χ2n) is 16.1. The molecule has 0 aliphatic heterocycles. The molecule has 0 N–H and O–H groups in total. The highest BCUT2D eigenvalue weighted by Crippen LogP contribution is 2.44. The SMILES string of the molecule is c1ccc(-c2cc(-c3ccccc3)nc(-c3cccc(-c4ccc5c6ccccc6c6ccc(-c7ccc8c(c7)c7cccc9oc%10cccc8c%10c97)cc6c5c4)c3)n2)cc1. The van der Waals surface area contributed by atoms with E-state index in [2.05, 4.69) is 194 Å². The molecule has 13 rings (SSSR count). The van der Waals surface area contributed by atoms with E-state index in [9.17, 15) is 0 Å². The van der Waals surface area contributed by atoms with E-state index < -0.39 is 0 Å². The molecule has 61 heavy (non-hydrogen) atoms. The van der Waals surface area contributed by atoms with E-state index in [1.165, 1.54) is 75.8 Å². The number of furan rings is 1. The third-order valence-electron chi connectivity index (χ3n) is 12.6. The fourth-order valence-electron chi connectivity index (χ4n) is 9.74. The van der Waals surface area contributed by atoms with Crippen molar-refractivity contribution >= 4 is 75.8 Å². The largest absolute Gasteiger partial charge is 0.456 e. The van der Waals surface area contributed by atoms with Crippen LogP contribution < -0.4 is 0 Å². The number of rotatable bonds is 5. The zero-order chi connectivity index (χ0) is 40.0. The average molecular weight is 775 g/mol. The first-order valence-electron chi connectivity index (χ1n) is 20.8. The highest BCUT2D eigenvalue weighted by atomic mass is 16.3. The minimum absolute atomic E-state index is 0.700. The van der Waals surface area contributed by atoms with Crippen LogP contribution in [0.15, 0.2) is 211 Å². The van der Waals surface area contributed by atoms with Gasteiger partial charge in [0.15, 0.2) is 5.82 Å². The maximum absolute atomic E-state index is 6.33. The maximum atomic E-state index is 6.33. The highest BCUT2D eigenvalue weighted by Gasteiger charge is 2.18. The van der Waals surface area contributed by atoms with Gasteiger partial charge in [-0.3, -0.25) is 0 Å². The minimum Gasteiger partial charge on any atom is -0.456 e. The molecule has 0 amide bonds. The first-order valence-corrected chi connectivity index (χ1v) is 20.8. The summed E-state index contributed by atoms with van der Waals surface area (Å²) in [7, 11) is 0. The van der Waals surface area contributed by atoms with Gasteiger partial charge in [-0.15, -0.1) is 0 Å². The quantitative estimate of drug-likeness (QED) is 0.164. The third-order valence-corrected chi connectivity index (χ3v) is 12.6. The lowest BCUT2D eigenvalue weighted by molar-refractivity contribution is 0.669. The number of hydrogen-bond acceptors (Lipinski definition) is 3. The molecule has 0 fully saturated rings. The van der Waals surface area contributed by atoms with E-state index in [0.717, 1.165) is 50.4 Å². The Kier molecular flexibility index (Phi) is 7.31. The second-order valence-corrected chi connectivity index (χ2v) is 16.1. The summed E-state index contributed by atoms with van der Waals surface area (Å²) in [6.07, 6.45) is 0. The van der Waals surface area contributed by atoms with Crippen LogP contribution in [0.5, 0.6) is 0 Å². The normalized spacial score (nSPS) is 11.9. The van der Waals surface area contributed by atoms with Crippen molar-refractivity contribution in [3.8, 4) is 56.2 Å². The first kappa shape index (κ1) is 33.8. The fraction of sp³-hybridized carbons (Fsp3) is 0. The molecule has 2 heterocycles. The molecule has 0 spiro atoms. The van der Waals surface area contributed by atoms with E-state index in [1.54, 1.807) is 0 Å². The van der Waals surface area contributed by atoms with Gasteiger partial charge in [0.25, 0.3) is 0 Å². The Bertz CT molecular complexity index is 3810. The van der Waals surface area contributed by atoms with Crippen LogP contribution in [-0.2, 0) is 0 Å². The second kappa shape index (κ2) is 13.2. The molecule has 2 aromatic heterocycles. The van der Waals surface area contributed by atoms with Gasteiger partial charge in [-0.05, 0) is 119 Å². The fourth-order valence-corrected chi connectivity index (χ4v) is 9.74. The van der Waals surface area contributed by atoms with E-state index >= 15 is 0 Å². The maximum Gasteiger partial charge on any atom is 0.160 e. The van der Waals surface area contributed by atoms with E-state index in [-0.39, 0.29) is 0 Å². The van der Waals surface area contributed by atoms with Crippen LogP contribution in [0.3, 0.4) is 0 Å². The topological polar surface area (TPSA) is 38.9 Å². The monoisotopic (exact) mass is 774 g/mol. The molecule has 3 heteroatoms. The first-order chi connectivity index (χ1) is 30.2. The summed E-state index contributed by atoms with van der Waals surface area (Å²) in [5.41, 5.74) is 11.4. The third kappa shape index (κ3) is 5.31. The molecule has 282 valence electrons. The molecule has 0 aliphatic rings. The van der Waals surface area contributed by atoms with Crippen molar-refractivity contribution in [2.45, 2.75) is 0 Å². The van der Waals surface area contributed by atoms with Crippen LogP contribution in [0.1, 0.15) is 0 Å². The lowest BCUT2D eigenvalue weighted by atomic mass is 9.89. The van der Waals surface area contributed by atoms with Gasteiger partial charge in [-0.25, -0.2) is 9.97 Å². The van der Waals surface area contributed by atoms with Crippen molar-refractivity contribution in [2.24, 2.45) is 0 Å². The summed E-state index contributed by atoms with van der Waals surface area (Å²) in [5.74, 6) is 0.700. The van der Waals surface area contributed by atoms with Gasteiger partial charge in [-0.2, -0.15) is 0 Å². The van der Waals surface area contributed by atoms with Crippen molar-refractivity contribution in [1.82, 2.24) is 9.97 Å². The van der Waals surface area contributed by atoms with Crippen molar-refractivity contribution in [1.29, 1.82) is 0 Å². The van der Waals surface area contributed by atoms with Gasteiger partial charge in [0, 0.05) is 27.5 Å². The van der Waals surface area contributed by atoms with Gasteiger partial charge >= 0.3 is 0 Å². The Hall–Kier alpha value is -8.14. The van der Waals surface area contributed by atoms with Crippen LogP contribution in [0, 0.1) is 0 Å². The van der Waals surface area contributed by atoms with Crippen molar-refractivity contribution < 1.29 is 4.42 Å². The van der Waals surface area contributed by atoms with E-state index in [1.807, 2.05) is 12.1 Å². The molecule has 0 bridgehead atoms. The summed E-state index contributed by atoms with van der Waals surface area (Å²) < 4.78 is 6.33. The van der Waals surface area contributed by atoms with Gasteiger partial charge < -0.3 is 4.42 Å². The van der Waals surface area contributed by atoms with E-state index in [0.29, 0.717) is 5.82 Å². The van der Waals surface area contributed by atoms with Crippen LogP contribution >= 0.6 is 0 Å². The van der Waals surface area contributed by atoms with Gasteiger partial charge in [0.05, 0.1) is 11.4 Å². The molecule has 0 radical (unpaired) electrons. The molecular weight excluding hydrogens is 741 g/mol. The Balaban J connectivity index is 0.979. The Morgan fingerprint density at radius 1 is 0.246 bits per heavy atom. The standard InChI is InChI=1S/C58H34N2O/c1-3-12-35(13-4-1)52-34-53(36-14-5-2-6-15-36)60-58(59-52)41-17-9-16-37(30-41)38-24-27-44-42-18-7-8-19-43(42)45-28-25-40(33-51(45)50(44)32-38)39-26-29-46-47-20-10-22-54-56(47)57-48(49(46)31-39)21-11-23-55(57)61-54/h1-34H. The average Bonchev–Trinajstić information content (AvgIpc) is 3.73. The Morgan fingerprint density at radius 2 is 0.623 bits per heavy atom. The summed E-state index contributed by atoms with van der Waals surface area (Å²) in [5, 5.41) is 14.8. The summed E-state index contributed by atoms with van der Waals surface area (Å²) in [6.45, 7) is 0. The number of hydrogen-bond donors (Lipinski definition) is 0. The molecular formula is C58H34N2O. The number of benzene rings is 11. The van der Waals surface area contributed by atoms with Gasteiger partial charge in [0.1, 0.15) is 11.2 Å². The van der Waals surface area contributed by atoms with Crippen molar-refractivity contribution in [2.75, 3.05) is 0 Å². The zero-order valence-electron chi connectivity index (χ0n) is 32.9. The smallest absolute Gasteiger partial charge is 0.160 e. The summed E-state index contributed by atoms with van der Waals surface area (Å²) in [4.78, 5) is 10.3. The number of fused-ring (bicyclic) bond motifs is 9. The van der Waals surface area contributed by atoms with Gasteiger partial charge in [0.2, 0.25) is 0 Å². The lowest BCUT2D eigenvalue weighted by Crippen LogP contribution is -1.96. The molecule has 0 saturated heterocycles.